The molecule has 0 aromatic heterocycles. The van der Waals surface area contributed by atoms with Crippen LogP contribution in [0.25, 0.3) is 0 Å². The molecule has 0 amide bonds. The van der Waals surface area contributed by atoms with Gasteiger partial charge >= 0.3 is 29.8 Å². The number of carbonyl (C=O) groups is 5. The minimum atomic E-state index is -2.27. The first-order chi connectivity index (χ1) is 33.0. The average Bonchev–Trinajstić information content (AvgIpc) is 3.29. The molecular formula is C57H86O11Si. The Balaban J connectivity index is 1.63. The Hall–Kier alpha value is -4.73. The molecular weight excluding hydrogens is 889 g/mol. The van der Waals surface area contributed by atoms with Gasteiger partial charge in [0.15, 0.2) is 8.32 Å². The van der Waals surface area contributed by atoms with Crippen molar-refractivity contribution < 1.29 is 52.1 Å². The summed E-state index contributed by atoms with van der Waals surface area (Å²) in [6.07, 6.45) is 18.2. The Morgan fingerprint density at radius 3 is 1.42 bits per heavy atom. The second kappa shape index (κ2) is 35.4. The van der Waals surface area contributed by atoms with Crippen molar-refractivity contribution in [2.24, 2.45) is 0 Å². The molecule has 1 atom stereocenters. The fourth-order valence-corrected chi connectivity index (χ4v) is 8.20. The van der Waals surface area contributed by atoms with Gasteiger partial charge in [-0.25, -0.2) is 0 Å². The van der Waals surface area contributed by atoms with Gasteiger partial charge in [0.25, 0.3) is 0 Å². The third-order valence-corrected chi connectivity index (χ3v) is 16.7. The van der Waals surface area contributed by atoms with Crippen LogP contribution in [-0.2, 0) is 65.1 Å². The molecule has 0 saturated heterocycles. The van der Waals surface area contributed by atoms with Crippen molar-refractivity contribution in [3.63, 3.8) is 0 Å². The highest BCUT2D eigenvalue weighted by Crippen LogP contribution is 2.38. The fraction of sp³-hybridized carbons (Fsp3) is 0.632. The van der Waals surface area contributed by atoms with Crippen molar-refractivity contribution in [1.29, 1.82) is 0 Å². The average molecular weight is 975 g/mol. The second-order valence-electron chi connectivity index (χ2n) is 19.8. The molecule has 12 heteroatoms. The summed E-state index contributed by atoms with van der Waals surface area (Å²) in [6.45, 7) is 18.1. The molecule has 0 N–H and O–H groups in total. The SMILES string of the molecule is CCCCCCCCCCCCOC(=O)CC(CC(=O)OCCCCCC(=O)OCc1ccc(C#Cc2ccc(CC(=O)OCCCCCC(=O)OCC=C(C)C)cc2)cc1)O[Si](C)(C)C(C)(C)C. The van der Waals surface area contributed by atoms with E-state index >= 15 is 0 Å². The van der Waals surface area contributed by atoms with Gasteiger partial charge in [-0.1, -0.05) is 127 Å². The summed E-state index contributed by atoms with van der Waals surface area (Å²) in [4.78, 5) is 62.2. The predicted molar refractivity (Wildman–Crippen MR) is 276 cm³/mol. The van der Waals surface area contributed by atoms with Crippen LogP contribution in [0.4, 0.5) is 0 Å². The molecule has 384 valence electrons. The van der Waals surface area contributed by atoms with E-state index in [1.165, 1.54) is 44.9 Å². The Morgan fingerprint density at radius 1 is 0.536 bits per heavy atom. The lowest BCUT2D eigenvalue weighted by molar-refractivity contribution is -0.150. The summed E-state index contributed by atoms with van der Waals surface area (Å²) >= 11 is 0. The lowest BCUT2D eigenvalue weighted by atomic mass is 10.1. The zero-order valence-electron chi connectivity index (χ0n) is 43.6. The standard InChI is InChI=1S/C57H86O11Si/c1-9-10-11-12-13-14-15-16-17-22-38-64-55(61)43-51(68-69(7,8)57(4,5)6)44-56(62)65-40-24-19-21-26-53(59)67-45-50-35-31-48(32-36-50)28-27-47-29-33-49(34-30-47)42-54(60)63-39-23-18-20-25-52(58)66-41-37-46(2)3/h29-37,51H,9-26,38-45H2,1-8H3. The van der Waals surface area contributed by atoms with Crippen LogP contribution in [-0.4, -0.2) is 70.7 Å². The molecule has 2 rings (SSSR count). The van der Waals surface area contributed by atoms with E-state index in [0.29, 0.717) is 58.3 Å². The lowest BCUT2D eigenvalue weighted by Crippen LogP contribution is -2.45. The van der Waals surface area contributed by atoms with Crippen molar-refractivity contribution in [1.82, 2.24) is 0 Å². The van der Waals surface area contributed by atoms with Crippen molar-refractivity contribution in [2.45, 2.75) is 207 Å². The van der Waals surface area contributed by atoms with Gasteiger partial charge in [0, 0.05) is 24.0 Å². The van der Waals surface area contributed by atoms with Crippen molar-refractivity contribution >= 4 is 38.2 Å². The van der Waals surface area contributed by atoms with Gasteiger partial charge in [-0.15, -0.1) is 0 Å². The zero-order valence-corrected chi connectivity index (χ0v) is 44.6. The van der Waals surface area contributed by atoms with E-state index < -0.39 is 20.4 Å². The van der Waals surface area contributed by atoms with Crippen molar-refractivity contribution in [3.8, 4) is 11.8 Å². The minimum Gasteiger partial charge on any atom is -0.466 e. The first-order valence-corrected chi connectivity index (χ1v) is 28.7. The smallest absolute Gasteiger partial charge is 0.310 e. The van der Waals surface area contributed by atoms with Gasteiger partial charge in [0.05, 0.1) is 45.2 Å². The molecule has 0 spiro atoms. The summed E-state index contributed by atoms with van der Waals surface area (Å²) in [6, 6.07) is 15.0. The first kappa shape index (κ1) is 60.4. The van der Waals surface area contributed by atoms with Crippen LogP contribution in [0.2, 0.25) is 18.1 Å². The maximum absolute atomic E-state index is 12.9. The third-order valence-electron chi connectivity index (χ3n) is 12.1. The molecule has 0 radical (unpaired) electrons. The van der Waals surface area contributed by atoms with E-state index in [0.717, 1.165) is 53.5 Å². The maximum Gasteiger partial charge on any atom is 0.310 e. The summed E-state index contributed by atoms with van der Waals surface area (Å²) in [5.41, 5.74) is 4.42. The molecule has 69 heavy (non-hydrogen) atoms. The number of allylic oxidation sites excluding steroid dienone is 1. The first-order valence-electron chi connectivity index (χ1n) is 25.8. The zero-order chi connectivity index (χ0) is 50.8. The minimum absolute atomic E-state index is 0.0153. The Bertz CT molecular complexity index is 1880. The Labute approximate surface area is 416 Å². The Kier molecular flexibility index (Phi) is 31.0. The number of esters is 5. The van der Waals surface area contributed by atoms with E-state index in [1.54, 1.807) is 0 Å². The van der Waals surface area contributed by atoms with Gasteiger partial charge < -0.3 is 28.1 Å². The molecule has 0 aliphatic heterocycles. The van der Waals surface area contributed by atoms with Gasteiger partial charge in [0.1, 0.15) is 13.2 Å². The number of benzene rings is 2. The molecule has 2 aromatic rings. The normalized spacial score (nSPS) is 11.7. The van der Waals surface area contributed by atoms with Crippen molar-refractivity contribution in [2.75, 3.05) is 26.4 Å². The molecule has 2 aromatic carbocycles. The van der Waals surface area contributed by atoms with Crippen LogP contribution in [0.15, 0.2) is 60.2 Å². The van der Waals surface area contributed by atoms with Crippen LogP contribution < -0.4 is 0 Å². The van der Waals surface area contributed by atoms with E-state index in [9.17, 15) is 24.0 Å². The number of rotatable bonds is 35. The predicted octanol–water partition coefficient (Wildman–Crippen LogP) is 13.0. The van der Waals surface area contributed by atoms with Gasteiger partial charge in [-0.2, -0.15) is 0 Å². The quantitative estimate of drug-likeness (QED) is 0.0163. The molecule has 0 saturated carbocycles. The summed E-state index contributed by atoms with van der Waals surface area (Å²) in [7, 11) is -2.27. The van der Waals surface area contributed by atoms with Crippen LogP contribution in [0.1, 0.15) is 192 Å². The number of hydrogen-bond acceptors (Lipinski definition) is 11. The topological polar surface area (TPSA) is 141 Å². The molecule has 11 nitrogen and oxygen atoms in total. The highest BCUT2D eigenvalue weighted by atomic mass is 28.4. The van der Waals surface area contributed by atoms with Crippen molar-refractivity contribution in [3.05, 3.63) is 82.4 Å². The maximum atomic E-state index is 12.9. The number of unbranched alkanes of at least 4 members (excludes halogenated alkanes) is 13. The molecule has 0 fully saturated rings. The number of hydrogen-bond donors (Lipinski definition) is 0. The molecule has 0 aliphatic rings. The van der Waals surface area contributed by atoms with Gasteiger partial charge in [-0.05, 0) is 118 Å². The largest absolute Gasteiger partial charge is 0.466 e. The van der Waals surface area contributed by atoms with Crippen LogP contribution in [0.5, 0.6) is 0 Å². The van der Waals surface area contributed by atoms with Gasteiger partial charge in [0.2, 0.25) is 0 Å². The van der Waals surface area contributed by atoms with Gasteiger partial charge in [-0.3, -0.25) is 24.0 Å². The molecule has 0 heterocycles. The second-order valence-corrected chi connectivity index (χ2v) is 24.6. The van der Waals surface area contributed by atoms with E-state index in [1.807, 2.05) is 68.5 Å². The number of ether oxygens (including phenoxy) is 5. The highest BCUT2D eigenvalue weighted by molar-refractivity contribution is 6.74. The summed E-state index contributed by atoms with van der Waals surface area (Å²) in [5, 5.41) is -0.0916. The monoisotopic (exact) mass is 975 g/mol. The van der Waals surface area contributed by atoms with Crippen LogP contribution in [0.3, 0.4) is 0 Å². The summed E-state index contributed by atoms with van der Waals surface area (Å²) < 4.78 is 33.6. The van der Waals surface area contributed by atoms with Crippen LogP contribution >= 0.6 is 0 Å². The molecule has 0 aliphatic carbocycles. The number of carbonyl (C=O) groups excluding carboxylic acids is 5. The molecule has 0 bridgehead atoms. The highest BCUT2D eigenvalue weighted by Gasteiger charge is 2.40. The third kappa shape index (κ3) is 30.5. The fourth-order valence-electron chi connectivity index (χ4n) is 6.84. The Morgan fingerprint density at radius 2 is 0.957 bits per heavy atom. The van der Waals surface area contributed by atoms with E-state index in [-0.39, 0.29) is 67.8 Å². The molecule has 1 unspecified atom stereocenters. The van der Waals surface area contributed by atoms with E-state index in [2.05, 4.69) is 52.6 Å². The van der Waals surface area contributed by atoms with Crippen LogP contribution in [0, 0.1) is 11.8 Å². The van der Waals surface area contributed by atoms with E-state index in [4.69, 9.17) is 28.1 Å². The lowest BCUT2D eigenvalue weighted by Gasteiger charge is -2.39. The summed E-state index contributed by atoms with van der Waals surface area (Å²) in [5.74, 6) is 4.74.